The van der Waals surface area contributed by atoms with Gasteiger partial charge in [0.1, 0.15) is 16.9 Å². The van der Waals surface area contributed by atoms with Crippen molar-refractivity contribution in [3.63, 3.8) is 0 Å². The maximum absolute atomic E-state index is 12.6. The summed E-state index contributed by atoms with van der Waals surface area (Å²) in [4.78, 5) is 12.7. The molecule has 1 aromatic heterocycles. The molecule has 0 bridgehead atoms. The van der Waals surface area contributed by atoms with E-state index in [1.165, 1.54) is 28.6 Å². The number of nitrogens with zero attached hydrogens (tertiary/aromatic N) is 1. The molecule has 0 saturated carbocycles. The van der Waals surface area contributed by atoms with Crippen molar-refractivity contribution in [2.75, 3.05) is 19.6 Å². The number of rotatable bonds is 6. The standard InChI is InChI=1S/C22H24N2O5S/c1-22(26,20-14-17-6-2-3-7-19(17)29-20)15-23-21(25)16-8-10-18(11-9-16)30(27,28)24-12-4-5-13-24/h2-3,6-11,14,26H,4-5,12-13,15H2,1H3,(H,23,25). The van der Waals surface area contributed by atoms with Gasteiger partial charge in [-0.25, -0.2) is 8.42 Å². The lowest BCUT2D eigenvalue weighted by atomic mass is 10.0. The Bertz CT molecular complexity index is 1130. The second-order valence-corrected chi connectivity index (χ2v) is 9.68. The molecule has 2 aromatic carbocycles. The Labute approximate surface area is 175 Å². The first-order chi connectivity index (χ1) is 14.3. The fourth-order valence-electron chi connectivity index (χ4n) is 3.54. The second kappa shape index (κ2) is 7.86. The molecule has 1 fully saturated rings. The fourth-order valence-corrected chi connectivity index (χ4v) is 5.06. The molecule has 1 amide bonds. The summed E-state index contributed by atoms with van der Waals surface area (Å²) in [6.45, 7) is 2.57. The Morgan fingerprint density at radius 1 is 1.13 bits per heavy atom. The summed E-state index contributed by atoms with van der Waals surface area (Å²) in [5.41, 5.74) is -0.419. The summed E-state index contributed by atoms with van der Waals surface area (Å²) in [6.07, 6.45) is 1.73. The SMILES string of the molecule is CC(O)(CNC(=O)c1ccc(S(=O)(=O)N2CCCC2)cc1)c1cc2ccccc2o1. The molecule has 1 aliphatic rings. The molecule has 0 spiro atoms. The highest BCUT2D eigenvalue weighted by atomic mass is 32.2. The molecule has 0 radical (unpaired) electrons. The van der Waals surface area contributed by atoms with Crippen molar-refractivity contribution >= 4 is 26.9 Å². The number of benzene rings is 2. The molecule has 0 aliphatic carbocycles. The zero-order chi connectivity index (χ0) is 21.4. The van der Waals surface area contributed by atoms with Gasteiger partial charge in [-0.2, -0.15) is 4.31 Å². The average molecular weight is 429 g/mol. The van der Waals surface area contributed by atoms with Crippen molar-refractivity contribution in [3.05, 3.63) is 65.9 Å². The predicted molar refractivity (Wildman–Crippen MR) is 113 cm³/mol. The summed E-state index contributed by atoms with van der Waals surface area (Å²) in [5, 5.41) is 14.3. The summed E-state index contributed by atoms with van der Waals surface area (Å²) in [7, 11) is -3.52. The zero-order valence-electron chi connectivity index (χ0n) is 16.7. The summed E-state index contributed by atoms with van der Waals surface area (Å²) < 4.78 is 32.3. The Hall–Kier alpha value is -2.68. The Morgan fingerprint density at radius 3 is 2.47 bits per heavy atom. The molecule has 2 heterocycles. The molecule has 30 heavy (non-hydrogen) atoms. The number of carbonyl (C=O) groups excluding carboxylic acids is 1. The quantitative estimate of drug-likeness (QED) is 0.629. The number of hydrogen-bond acceptors (Lipinski definition) is 5. The van der Waals surface area contributed by atoms with E-state index in [9.17, 15) is 18.3 Å². The molecule has 2 N–H and O–H groups in total. The maximum Gasteiger partial charge on any atom is 0.251 e. The highest BCUT2D eigenvalue weighted by Gasteiger charge is 2.29. The molecule has 1 atom stereocenters. The van der Waals surface area contributed by atoms with Gasteiger partial charge in [-0.05, 0) is 56.2 Å². The van der Waals surface area contributed by atoms with Gasteiger partial charge in [0.2, 0.25) is 10.0 Å². The van der Waals surface area contributed by atoms with Crippen LogP contribution in [0, 0.1) is 0 Å². The first-order valence-electron chi connectivity index (χ1n) is 9.87. The zero-order valence-corrected chi connectivity index (χ0v) is 17.5. The van der Waals surface area contributed by atoms with E-state index in [1.54, 1.807) is 13.0 Å². The average Bonchev–Trinajstić information content (AvgIpc) is 3.42. The molecule has 1 saturated heterocycles. The number of sulfonamides is 1. The van der Waals surface area contributed by atoms with Crippen LogP contribution in [0.3, 0.4) is 0 Å². The van der Waals surface area contributed by atoms with Crippen LogP contribution >= 0.6 is 0 Å². The molecule has 7 nitrogen and oxygen atoms in total. The molecular formula is C22H24N2O5S. The highest BCUT2D eigenvalue weighted by Crippen LogP contribution is 2.27. The smallest absolute Gasteiger partial charge is 0.251 e. The van der Waals surface area contributed by atoms with E-state index in [0.29, 0.717) is 30.0 Å². The van der Waals surface area contributed by atoms with Crippen LogP contribution in [0.4, 0.5) is 0 Å². The molecule has 3 aromatic rings. The third-order valence-corrected chi connectivity index (χ3v) is 7.28. The Balaban J connectivity index is 1.43. The van der Waals surface area contributed by atoms with E-state index in [0.717, 1.165) is 18.2 Å². The largest absolute Gasteiger partial charge is 0.458 e. The van der Waals surface area contributed by atoms with E-state index >= 15 is 0 Å². The van der Waals surface area contributed by atoms with E-state index < -0.39 is 21.5 Å². The van der Waals surface area contributed by atoms with Crippen molar-refractivity contribution in [3.8, 4) is 0 Å². The van der Waals surface area contributed by atoms with E-state index in [2.05, 4.69) is 5.32 Å². The van der Waals surface area contributed by atoms with Crippen molar-refractivity contribution < 1.29 is 22.7 Å². The fraction of sp³-hybridized carbons (Fsp3) is 0.318. The van der Waals surface area contributed by atoms with Gasteiger partial charge in [-0.3, -0.25) is 4.79 Å². The molecular weight excluding hydrogens is 404 g/mol. The minimum Gasteiger partial charge on any atom is -0.458 e. The maximum atomic E-state index is 12.6. The van der Waals surface area contributed by atoms with Gasteiger partial charge in [-0.15, -0.1) is 0 Å². The van der Waals surface area contributed by atoms with Crippen LogP contribution < -0.4 is 5.32 Å². The molecule has 1 aliphatic heterocycles. The van der Waals surface area contributed by atoms with Gasteiger partial charge in [0.05, 0.1) is 11.4 Å². The minimum atomic E-state index is -3.52. The normalized spacial score (nSPS) is 17.1. The van der Waals surface area contributed by atoms with Crippen LogP contribution in [0.2, 0.25) is 0 Å². The van der Waals surface area contributed by atoms with Crippen LogP contribution in [0.5, 0.6) is 0 Å². The lowest BCUT2D eigenvalue weighted by Gasteiger charge is -2.21. The highest BCUT2D eigenvalue weighted by molar-refractivity contribution is 7.89. The Kier molecular flexibility index (Phi) is 5.40. The molecule has 4 rings (SSSR count). The minimum absolute atomic E-state index is 0.0561. The van der Waals surface area contributed by atoms with Gasteiger partial charge in [-0.1, -0.05) is 18.2 Å². The van der Waals surface area contributed by atoms with Crippen molar-refractivity contribution in [2.45, 2.75) is 30.3 Å². The molecule has 8 heteroatoms. The first kappa shape index (κ1) is 20.6. The number of hydrogen-bond donors (Lipinski definition) is 2. The van der Waals surface area contributed by atoms with Crippen LogP contribution in [0.15, 0.2) is 63.9 Å². The number of nitrogens with one attached hydrogen (secondary N) is 1. The Morgan fingerprint density at radius 2 is 1.80 bits per heavy atom. The number of furan rings is 1. The number of amides is 1. The van der Waals surface area contributed by atoms with Crippen LogP contribution in [0.25, 0.3) is 11.0 Å². The van der Waals surface area contributed by atoms with Gasteiger partial charge >= 0.3 is 0 Å². The predicted octanol–water partition coefficient (Wildman–Crippen LogP) is 2.85. The van der Waals surface area contributed by atoms with E-state index in [-0.39, 0.29) is 11.4 Å². The number of carbonyl (C=O) groups is 1. The van der Waals surface area contributed by atoms with Crippen molar-refractivity contribution in [1.29, 1.82) is 0 Å². The molecule has 158 valence electrons. The summed E-state index contributed by atoms with van der Waals surface area (Å²) in [5.74, 6) is -0.0486. The second-order valence-electron chi connectivity index (χ2n) is 7.74. The first-order valence-corrected chi connectivity index (χ1v) is 11.3. The third kappa shape index (κ3) is 3.98. The monoisotopic (exact) mass is 428 g/mol. The number of aliphatic hydroxyl groups is 1. The van der Waals surface area contributed by atoms with Gasteiger partial charge < -0.3 is 14.8 Å². The topological polar surface area (TPSA) is 99.8 Å². The van der Waals surface area contributed by atoms with Crippen LogP contribution in [-0.2, 0) is 15.6 Å². The van der Waals surface area contributed by atoms with Crippen LogP contribution in [0.1, 0.15) is 35.9 Å². The number of para-hydroxylation sites is 1. The summed E-state index contributed by atoms with van der Waals surface area (Å²) >= 11 is 0. The van der Waals surface area contributed by atoms with Crippen LogP contribution in [-0.4, -0.2) is 43.4 Å². The number of fused-ring (bicyclic) bond motifs is 1. The van der Waals surface area contributed by atoms with E-state index in [4.69, 9.17) is 4.42 Å². The van der Waals surface area contributed by atoms with Gasteiger partial charge in [0.15, 0.2) is 0 Å². The summed E-state index contributed by atoms with van der Waals surface area (Å²) in [6, 6.07) is 15.0. The van der Waals surface area contributed by atoms with Gasteiger partial charge in [0, 0.05) is 24.0 Å². The lowest BCUT2D eigenvalue weighted by molar-refractivity contribution is 0.0344. The van der Waals surface area contributed by atoms with E-state index in [1.807, 2.05) is 24.3 Å². The lowest BCUT2D eigenvalue weighted by Crippen LogP contribution is -2.38. The third-order valence-electron chi connectivity index (χ3n) is 5.37. The van der Waals surface area contributed by atoms with Crippen molar-refractivity contribution in [1.82, 2.24) is 9.62 Å². The van der Waals surface area contributed by atoms with Crippen molar-refractivity contribution in [2.24, 2.45) is 0 Å². The molecule has 1 unspecified atom stereocenters. The van der Waals surface area contributed by atoms with Gasteiger partial charge in [0.25, 0.3) is 5.91 Å².